The molecule has 2 aliphatic rings. The first kappa shape index (κ1) is 17.6. The highest BCUT2D eigenvalue weighted by molar-refractivity contribution is 8.04. The van der Waals surface area contributed by atoms with Crippen LogP contribution in [0, 0.1) is 0 Å². The Hall–Kier alpha value is -2.80. The van der Waals surface area contributed by atoms with Crippen molar-refractivity contribution in [3.63, 3.8) is 0 Å². The van der Waals surface area contributed by atoms with Crippen molar-refractivity contribution in [3.05, 3.63) is 64.3 Å². The van der Waals surface area contributed by atoms with E-state index in [0.717, 1.165) is 21.9 Å². The van der Waals surface area contributed by atoms with Gasteiger partial charge in [-0.3, -0.25) is 20.0 Å². The fourth-order valence-corrected chi connectivity index (χ4v) is 4.59. The van der Waals surface area contributed by atoms with Gasteiger partial charge in [-0.2, -0.15) is 0 Å². The second-order valence-corrected chi connectivity index (χ2v) is 7.56. The van der Waals surface area contributed by atoms with Gasteiger partial charge in [-0.25, -0.2) is 5.01 Å². The minimum absolute atomic E-state index is 0.194. The molecule has 0 fully saturated rings. The fraction of sp³-hybridized carbons (Fsp3) is 0.250. The number of amides is 2. The summed E-state index contributed by atoms with van der Waals surface area (Å²) in [6, 6.07) is 11.2. The zero-order chi connectivity index (χ0) is 19.0. The molecule has 0 saturated carbocycles. The van der Waals surface area contributed by atoms with Crippen LogP contribution in [0.3, 0.4) is 0 Å². The molecule has 4 rings (SSSR count). The average molecular weight is 381 g/mol. The zero-order valence-corrected chi connectivity index (χ0v) is 15.9. The van der Waals surface area contributed by atoms with Crippen molar-refractivity contribution < 1.29 is 14.3 Å². The number of pyridine rings is 1. The van der Waals surface area contributed by atoms with Crippen LogP contribution in [0.2, 0.25) is 0 Å². The van der Waals surface area contributed by atoms with Gasteiger partial charge in [-0.05, 0) is 48.2 Å². The smallest absolute Gasteiger partial charge is 0.279 e. The Morgan fingerprint density at radius 1 is 1.33 bits per heavy atom. The third-order valence-corrected chi connectivity index (χ3v) is 5.95. The van der Waals surface area contributed by atoms with Gasteiger partial charge in [0.25, 0.3) is 5.91 Å². The number of hydrogen-bond donors (Lipinski definition) is 1. The summed E-state index contributed by atoms with van der Waals surface area (Å²) in [5.41, 5.74) is 5.72. The van der Waals surface area contributed by atoms with Gasteiger partial charge in [0.2, 0.25) is 5.91 Å². The Kier molecular flexibility index (Phi) is 4.61. The number of methoxy groups -OCH3 is 1. The molecule has 0 spiro atoms. The number of fused-ring (bicyclic) bond motifs is 1. The molecule has 0 radical (unpaired) electrons. The molecule has 3 heterocycles. The molecule has 1 N–H and O–H groups in total. The highest BCUT2D eigenvalue weighted by Gasteiger charge is 2.39. The molecule has 1 aromatic carbocycles. The van der Waals surface area contributed by atoms with Crippen molar-refractivity contribution in [2.24, 2.45) is 0 Å². The van der Waals surface area contributed by atoms with E-state index in [1.807, 2.05) is 36.4 Å². The van der Waals surface area contributed by atoms with E-state index in [-0.39, 0.29) is 17.9 Å². The van der Waals surface area contributed by atoms with Crippen LogP contribution in [0.1, 0.15) is 30.6 Å². The summed E-state index contributed by atoms with van der Waals surface area (Å²) in [5, 5.41) is 1.42. The second-order valence-electron chi connectivity index (χ2n) is 6.50. The van der Waals surface area contributed by atoms with Gasteiger partial charge < -0.3 is 4.74 Å². The highest BCUT2D eigenvalue weighted by atomic mass is 32.2. The zero-order valence-electron chi connectivity index (χ0n) is 15.1. The van der Waals surface area contributed by atoms with Crippen LogP contribution in [0.4, 0.5) is 0 Å². The number of thioether (sulfide) groups is 1. The topological polar surface area (TPSA) is 71.5 Å². The van der Waals surface area contributed by atoms with E-state index >= 15 is 0 Å². The Labute approximate surface area is 161 Å². The first-order valence-electron chi connectivity index (χ1n) is 8.65. The van der Waals surface area contributed by atoms with Crippen molar-refractivity contribution in [1.82, 2.24) is 15.4 Å². The second kappa shape index (κ2) is 7.08. The quantitative estimate of drug-likeness (QED) is 0.885. The molecule has 2 aromatic rings. The van der Waals surface area contributed by atoms with E-state index < -0.39 is 0 Å². The highest BCUT2D eigenvalue weighted by Crippen LogP contribution is 2.46. The standard InChI is InChI=1S/C20H19N3O3S/c1-12(24)22-23-17(16-5-3-4-8-21-16)10-14-9-13-6-7-15(26-2)11-18(13)27-19(14)20(23)25/h3-8,11,17H,9-10H2,1-2H3,(H,22,24). The van der Waals surface area contributed by atoms with E-state index in [2.05, 4.69) is 10.4 Å². The minimum atomic E-state index is -0.318. The largest absolute Gasteiger partial charge is 0.497 e. The molecule has 0 saturated heterocycles. The Bertz CT molecular complexity index is 943. The molecule has 138 valence electrons. The van der Waals surface area contributed by atoms with E-state index in [1.165, 1.54) is 29.3 Å². The third kappa shape index (κ3) is 3.30. The lowest BCUT2D eigenvalue weighted by molar-refractivity contribution is -0.141. The van der Waals surface area contributed by atoms with Gasteiger partial charge in [-0.1, -0.05) is 23.9 Å². The van der Waals surface area contributed by atoms with Crippen LogP contribution < -0.4 is 10.2 Å². The number of hydrazine groups is 1. The van der Waals surface area contributed by atoms with E-state index in [9.17, 15) is 9.59 Å². The molecule has 2 amide bonds. The van der Waals surface area contributed by atoms with Gasteiger partial charge in [0.1, 0.15) is 5.75 Å². The predicted molar refractivity (Wildman–Crippen MR) is 102 cm³/mol. The van der Waals surface area contributed by atoms with Gasteiger partial charge in [0, 0.05) is 18.0 Å². The maximum Gasteiger partial charge on any atom is 0.279 e. The summed E-state index contributed by atoms with van der Waals surface area (Å²) in [7, 11) is 1.63. The van der Waals surface area contributed by atoms with Crippen LogP contribution in [0.15, 0.2) is 58.0 Å². The first-order chi connectivity index (χ1) is 13.1. The van der Waals surface area contributed by atoms with Crippen molar-refractivity contribution in [2.75, 3.05) is 7.11 Å². The van der Waals surface area contributed by atoms with Gasteiger partial charge in [0.15, 0.2) is 0 Å². The summed E-state index contributed by atoms with van der Waals surface area (Å²) >= 11 is 1.44. The molecular weight excluding hydrogens is 362 g/mol. The molecular formula is C20H19N3O3S. The van der Waals surface area contributed by atoms with E-state index in [1.54, 1.807) is 13.3 Å². The number of benzene rings is 1. The molecule has 1 atom stereocenters. The van der Waals surface area contributed by atoms with Crippen LogP contribution >= 0.6 is 11.8 Å². The van der Waals surface area contributed by atoms with Crippen molar-refractivity contribution >= 4 is 23.6 Å². The van der Waals surface area contributed by atoms with E-state index in [4.69, 9.17) is 4.74 Å². The van der Waals surface area contributed by atoms with Crippen molar-refractivity contribution in [2.45, 2.75) is 30.7 Å². The molecule has 0 aliphatic carbocycles. The molecule has 6 nitrogen and oxygen atoms in total. The summed E-state index contributed by atoms with van der Waals surface area (Å²) in [5.74, 6) is 0.287. The average Bonchev–Trinajstić information content (AvgIpc) is 2.69. The third-order valence-electron chi connectivity index (χ3n) is 4.68. The number of aromatic nitrogens is 1. The number of carbonyl (C=O) groups is 2. The predicted octanol–water partition coefficient (Wildman–Crippen LogP) is 3.02. The van der Waals surface area contributed by atoms with Crippen LogP contribution in [-0.4, -0.2) is 28.9 Å². The Morgan fingerprint density at radius 2 is 2.19 bits per heavy atom. The first-order valence-corrected chi connectivity index (χ1v) is 9.47. The Morgan fingerprint density at radius 3 is 2.89 bits per heavy atom. The van der Waals surface area contributed by atoms with Crippen molar-refractivity contribution in [1.29, 1.82) is 0 Å². The maximum absolute atomic E-state index is 13.2. The lowest BCUT2D eigenvalue weighted by Crippen LogP contribution is -2.50. The number of nitrogens with one attached hydrogen (secondary N) is 1. The fourth-order valence-electron chi connectivity index (χ4n) is 3.44. The lowest BCUT2D eigenvalue weighted by Gasteiger charge is -2.38. The number of rotatable bonds is 3. The number of hydrogen-bond acceptors (Lipinski definition) is 5. The molecule has 1 aromatic heterocycles. The molecule has 0 bridgehead atoms. The van der Waals surface area contributed by atoms with Crippen LogP contribution in [0.5, 0.6) is 5.75 Å². The van der Waals surface area contributed by atoms with Crippen LogP contribution in [-0.2, 0) is 16.0 Å². The minimum Gasteiger partial charge on any atom is -0.497 e. The normalized spacial score (nSPS) is 18.7. The molecule has 1 unspecified atom stereocenters. The van der Waals surface area contributed by atoms with E-state index in [0.29, 0.717) is 17.7 Å². The number of ether oxygens (including phenoxy) is 1. The lowest BCUT2D eigenvalue weighted by atomic mass is 9.92. The summed E-state index contributed by atoms with van der Waals surface area (Å²) in [6.45, 7) is 1.40. The summed E-state index contributed by atoms with van der Waals surface area (Å²) in [4.78, 5) is 31.0. The summed E-state index contributed by atoms with van der Waals surface area (Å²) in [6.07, 6.45) is 3.05. The molecule has 27 heavy (non-hydrogen) atoms. The monoisotopic (exact) mass is 381 g/mol. The maximum atomic E-state index is 13.2. The molecule has 2 aliphatic heterocycles. The number of carbonyl (C=O) groups excluding carboxylic acids is 2. The van der Waals surface area contributed by atoms with Gasteiger partial charge in [-0.15, -0.1) is 0 Å². The SMILES string of the molecule is COc1ccc2c(c1)SC1=C(C2)CC(c2ccccn2)N(NC(C)=O)C1=O. The Balaban J connectivity index is 1.72. The van der Waals surface area contributed by atoms with Gasteiger partial charge in [0.05, 0.1) is 23.8 Å². The number of nitrogens with zero attached hydrogens (tertiary/aromatic N) is 2. The summed E-state index contributed by atoms with van der Waals surface area (Å²) < 4.78 is 5.30. The molecule has 7 heteroatoms. The van der Waals surface area contributed by atoms with Crippen molar-refractivity contribution in [3.8, 4) is 5.75 Å². The van der Waals surface area contributed by atoms with Gasteiger partial charge >= 0.3 is 0 Å². The van der Waals surface area contributed by atoms with Crippen LogP contribution in [0.25, 0.3) is 0 Å².